The lowest BCUT2D eigenvalue weighted by atomic mass is 9.87. The predicted octanol–water partition coefficient (Wildman–Crippen LogP) is 5.71. The fourth-order valence-corrected chi connectivity index (χ4v) is 3.20. The van der Waals surface area contributed by atoms with Gasteiger partial charge < -0.3 is 10.6 Å². The summed E-state index contributed by atoms with van der Waals surface area (Å²) >= 11 is 6.01. The van der Waals surface area contributed by atoms with Gasteiger partial charge in [0.25, 0.3) is 0 Å². The van der Waals surface area contributed by atoms with Gasteiger partial charge in [-0.3, -0.25) is 0 Å². The van der Waals surface area contributed by atoms with E-state index in [0.717, 1.165) is 18.4 Å². The van der Waals surface area contributed by atoms with Gasteiger partial charge in [-0.25, -0.2) is 4.99 Å². The first-order chi connectivity index (χ1) is 13.3. The molecule has 1 fully saturated rings. The summed E-state index contributed by atoms with van der Waals surface area (Å²) in [7, 11) is 0. The number of rotatable bonds is 1. The lowest BCUT2D eigenvalue weighted by molar-refractivity contribution is -0.170. The van der Waals surface area contributed by atoms with E-state index >= 15 is 0 Å². The minimum absolute atomic E-state index is 0.000258. The zero-order valence-electron chi connectivity index (χ0n) is 15.0. The number of halogens is 4. The summed E-state index contributed by atoms with van der Waals surface area (Å²) in [5, 5.41) is 6.12. The van der Waals surface area contributed by atoms with Gasteiger partial charge in [-0.05, 0) is 49.6 Å². The maximum atomic E-state index is 14.4. The Bertz CT molecular complexity index is 1020. The van der Waals surface area contributed by atoms with Crippen molar-refractivity contribution in [2.24, 2.45) is 10.9 Å². The SMILES string of the molecule is Cc1ccccc1NC1=NC(C#CC2CC2)(C(F)(F)F)c2cc(Cl)ccc2N1. The Morgan fingerprint density at radius 3 is 2.64 bits per heavy atom. The number of para-hydroxylation sites is 1. The summed E-state index contributed by atoms with van der Waals surface area (Å²) in [6.07, 6.45) is -3.08. The first-order valence-electron chi connectivity index (χ1n) is 8.87. The molecule has 3 nitrogen and oxygen atoms in total. The van der Waals surface area contributed by atoms with Gasteiger partial charge in [0.05, 0.1) is 0 Å². The molecule has 1 saturated carbocycles. The molecule has 7 heteroatoms. The minimum Gasteiger partial charge on any atom is -0.326 e. The van der Waals surface area contributed by atoms with Crippen LogP contribution in [0, 0.1) is 24.7 Å². The maximum Gasteiger partial charge on any atom is 0.429 e. The van der Waals surface area contributed by atoms with Gasteiger partial charge >= 0.3 is 6.18 Å². The van der Waals surface area contributed by atoms with Crippen molar-refractivity contribution >= 4 is 28.9 Å². The van der Waals surface area contributed by atoms with Crippen molar-refractivity contribution in [3.63, 3.8) is 0 Å². The van der Waals surface area contributed by atoms with E-state index in [-0.39, 0.29) is 28.2 Å². The molecular weight excluding hydrogens is 387 g/mol. The summed E-state index contributed by atoms with van der Waals surface area (Å²) in [5.41, 5.74) is -0.937. The molecule has 0 aromatic heterocycles. The number of aliphatic imine (C=N–C) groups is 1. The lowest BCUT2D eigenvalue weighted by Gasteiger charge is -2.34. The number of hydrogen-bond donors (Lipinski definition) is 2. The molecule has 2 N–H and O–H groups in total. The molecule has 2 aromatic carbocycles. The second kappa shape index (κ2) is 6.75. The summed E-state index contributed by atoms with van der Waals surface area (Å²) in [4.78, 5) is 4.04. The van der Waals surface area contributed by atoms with Crippen LogP contribution in [-0.4, -0.2) is 12.1 Å². The second-order valence-corrected chi connectivity index (χ2v) is 7.40. The Kier molecular flexibility index (Phi) is 4.51. The van der Waals surface area contributed by atoms with Crippen molar-refractivity contribution in [2.45, 2.75) is 31.5 Å². The third-order valence-electron chi connectivity index (χ3n) is 4.75. The van der Waals surface area contributed by atoms with E-state index in [1.807, 2.05) is 19.1 Å². The van der Waals surface area contributed by atoms with Crippen LogP contribution < -0.4 is 10.6 Å². The highest BCUT2D eigenvalue weighted by Gasteiger charge is 2.58. The van der Waals surface area contributed by atoms with Crippen LogP contribution in [0.1, 0.15) is 24.0 Å². The summed E-state index contributed by atoms with van der Waals surface area (Å²) in [6, 6.07) is 11.6. The van der Waals surface area contributed by atoms with E-state index in [9.17, 15) is 13.2 Å². The molecule has 1 aliphatic heterocycles. The molecule has 1 heterocycles. The number of guanidine groups is 1. The topological polar surface area (TPSA) is 36.4 Å². The van der Waals surface area contributed by atoms with Crippen LogP contribution in [-0.2, 0) is 5.54 Å². The zero-order chi connectivity index (χ0) is 19.9. The van der Waals surface area contributed by atoms with Crippen LogP contribution in [0.25, 0.3) is 0 Å². The van der Waals surface area contributed by atoms with E-state index in [0.29, 0.717) is 5.69 Å². The highest BCUT2D eigenvalue weighted by Crippen LogP contribution is 2.48. The Morgan fingerprint density at radius 1 is 1.21 bits per heavy atom. The van der Waals surface area contributed by atoms with Gasteiger partial charge in [0.2, 0.25) is 11.5 Å². The minimum atomic E-state index is -4.71. The first kappa shape index (κ1) is 18.7. The first-order valence-corrected chi connectivity index (χ1v) is 9.25. The van der Waals surface area contributed by atoms with Gasteiger partial charge in [0.15, 0.2) is 0 Å². The number of nitrogens with one attached hydrogen (secondary N) is 2. The lowest BCUT2D eigenvalue weighted by Crippen LogP contribution is -2.45. The van der Waals surface area contributed by atoms with Gasteiger partial charge in [-0.1, -0.05) is 41.6 Å². The third kappa shape index (κ3) is 3.43. The second-order valence-electron chi connectivity index (χ2n) is 6.97. The van der Waals surface area contributed by atoms with Crippen molar-refractivity contribution in [3.05, 3.63) is 58.6 Å². The van der Waals surface area contributed by atoms with E-state index in [1.54, 1.807) is 18.2 Å². The van der Waals surface area contributed by atoms with E-state index in [2.05, 4.69) is 27.5 Å². The average molecular weight is 404 g/mol. The van der Waals surface area contributed by atoms with E-state index in [1.165, 1.54) is 12.1 Å². The third-order valence-corrected chi connectivity index (χ3v) is 4.98. The predicted molar refractivity (Wildman–Crippen MR) is 106 cm³/mol. The van der Waals surface area contributed by atoms with E-state index in [4.69, 9.17) is 11.6 Å². The molecule has 144 valence electrons. The van der Waals surface area contributed by atoms with Gasteiger partial charge in [0.1, 0.15) is 0 Å². The molecule has 1 atom stereocenters. The van der Waals surface area contributed by atoms with Crippen LogP contribution >= 0.6 is 11.6 Å². The molecule has 2 aromatic rings. The molecule has 0 radical (unpaired) electrons. The molecule has 0 bridgehead atoms. The average Bonchev–Trinajstić information content (AvgIpc) is 3.45. The van der Waals surface area contributed by atoms with Crippen LogP contribution in [0.3, 0.4) is 0 Å². The van der Waals surface area contributed by atoms with Crippen LogP contribution in [0.5, 0.6) is 0 Å². The number of alkyl halides is 3. The smallest absolute Gasteiger partial charge is 0.326 e. The van der Waals surface area contributed by atoms with Crippen molar-refractivity contribution in [2.75, 3.05) is 10.6 Å². The number of hydrogen-bond acceptors (Lipinski definition) is 3. The fraction of sp³-hybridized carbons (Fsp3) is 0.286. The van der Waals surface area contributed by atoms with Crippen molar-refractivity contribution in [3.8, 4) is 11.8 Å². The zero-order valence-corrected chi connectivity index (χ0v) is 15.7. The Morgan fingerprint density at radius 2 is 1.96 bits per heavy atom. The van der Waals surface area contributed by atoms with Crippen LogP contribution in [0.15, 0.2) is 47.5 Å². The highest BCUT2D eigenvalue weighted by atomic mass is 35.5. The number of fused-ring (bicyclic) bond motifs is 1. The normalized spacial score (nSPS) is 21.0. The number of nitrogens with zero attached hydrogens (tertiary/aromatic N) is 1. The Labute approximate surface area is 166 Å². The Balaban J connectivity index is 1.87. The summed E-state index contributed by atoms with van der Waals surface area (Å²) in [6.45, 7) is 1.86. The molecule has 4 rings (SSSR count). The highest BCUT2D eigenvalue weighted by molar-refractivity contribution is 6.30. The largest absolute Gasteiger partial charge is 0.429 e. The van der Waals surface area contributed by atoms with Crippen molar-refractivity contribution in [1.82, 2.24) is 0 Å². The van der Waals surface area contributed by atoms with Crippen molar-refractivity contribution in [1.29, 1.82) is 0 Å². The molecule has 2 aliphatic rings. The quantitative estimate of drug-likeness (QED) is 0.598. The van der Waals surface area contributed by atoms with Gasteiger partial charge in [-0.2, -0.15) is 13.2 Å². The van der Waals surface area contributed by atoms with E-state index < -0.39 is 11.7 Å². The molecule has 0 spiro atoms. The standard InChI is InChI=1S/C21H17ClF3N3/c1-13-4-2-3-5-17(13)26-19-27-18-9-8-15(22)12-16(18)20(28-19,21(23,24)25)11-10-14-6-7-14/h2-5,8-9,12,14H,6-7H2,1H3,(H2,26,27,28). The number of anilines is 2. The Hall–Kier alpha value is -2.65. The fourth-order valence-electron chi connectivity index (χ4n) is 3.02. The number of aryl methyl sites for hydroxylation is 1. The molecule has 1 aliphatic carbocycles. The van der Waals surface area contributed by atoms with Gasteiger partial charge in [0, 0.05) is 27.9 Å². The van der Waals surface area contributed by atoms with Crippen LogP contribution in [0.4, 0.5) is 24.5 Å². The molecule has 1 unspecified atom stereocenters. The molecule has 28 heavy (non-hydrogen) atoms. The van der Waals surface area contributed by atoms with Crippen molar-refractivity contribution < 1.29 is 13.2 Å². The molecular formula is C21H17ClF3N3. The van der Waals surface area contributed by atoms with Gasteiger partial charge in [-0.15, -0.1) is 0 Å². The monoisotopic (exact) mass is 403 g/mol. The molecule has 0 amide bonds. The maximum absolute atomic E-state index is 14.4. The summed E-state index contributed by atoms with van der Waals surface area (Å²) < 4.78 is 43.1. The number of benzene rings is 2. The van der Waals surface area contributed by atoms with Crippen LogP contribution in [0.2, 0.25) is 5.02 Å². The summed E-state index contributed by atoms with van der Waals surface area (Å²) in [5.74, 6) is 5.20. The molecule has 0 saturated heterocycles.